The maximum atomic E-state index is 12.1. The molecule has 5 nitrogen and oxygen atoms in total. The normalized spacial score (nSPS) is 10.1. The highest BCUT2D eigenvalue weighted by atomic mass is 16.2. The molecule has 2 aromatic heterocycles. The number of pyridine rings is 1. The van der Waals surface area contributed by atoms with Crippen molar-refractivity contribution in [2.24, 2.45) is 0 Å². The van der Waals surface area contributed by atoms with Crippen molar-refractivity contribution in [2.75, 3.05) is 19.0 Å². The van der Waals surface area contributed by atoms with Crippen LogP contribution in [0.2, 0.25) is 0 Å². The van der Waals surface area contributed by atoms with Crippen LogP contribution in [-0.2, 0) is 0 Å². The Morgan fingerprint density at radius 3 is 2.75 bits per heavy atom. The van der Waals surface area contributed by atoms with Crippen molar-refractivity contribution in [3.63, 3.8) is 0 Å². The Hall–Kier alpha value is -2.17. The van der Waals surface area contributed by atoms with E-state index in [1.807, 2.05) is 14.1 Å². The summed E-state index contributed by atoms with van der Waals surface area (Å²) in [5.74, 6) is 0.463. The number of aromatic nitrogens is 3. The minimum atomic E-state index is -0.179. The zero-order chi connectivity index (χ0) is 11.5. The lowest BCUT2D eigenvalue weighted by molar-refractivity contribution is 0.0945. The Bertz CT molecular complexity index is 490. The highest BCUT2D eigenvalue weighted by Gasteiger charge is 2.15. The summed E-state index contributed by atoms with van der Waals surface area (Å²) in [6.45, 7) is 0. The molecule has 0 aromatic carbocycles. The van der Waals surface area contributed by atoms with Gasteiger partial charge >= 0.3 is 0 Å². The van der Waals surface area contributed by atoms with E-state index in [2.05, 4.69) is 10.1 Å². The summed E-state index contributed by atoms with van der Waals surface area (Å²) in [4.78, 5) is 18.0. The van der Waals surface area contributed by atoms with Crippen LogP contribution < -0.4 is 4.90 Å². The number of rotatable bonds is 2. The Morgan fingerprint density at radius 1 is 1.31 bits per heavy atom. The standard InChI is InChI=1S/C11H12N4O/c1-14(2)10-9(5-3-6-12-10)11(16)15-8-4-7-13-15/h3-8H,1-2H3. The Kier molecular flexibility index (Phi) is 2.68. The first-order valence-corrected chi connectivity index (χ1v) is 4.87. The molecule has 16 heavy (non-hydrogen) atoms. The topological polar surface area (TPSA) is 51.0 Å². The molecule has 0 aliphatic carbocycles. The molecule has 0 spiro atoms. The van der Waals surface area contributed by atoms with Gasteiger partial charge in [0.15, 0.2) is 0 Å². The molecule has 2 rings (SSSR count). The molecule has 0 atom stereocenters. The average molecular weight is 216 g/mol. The van der Waals surface area contributed by atoms with Gasteiger partial charge in [-0.25, -0.2) is 9.67 Å². The largest absolute Gasteiger partial charge is 0.362 e. The van der Waals surface area contributed by atoms with Crippen molar-refractivity contribution < 1.29 is 4.79 Å². The van der Waals surface area contributed by atoms with Crippen LogP contribution in [0.5, 0.6) is 0 Å². The van der Waals surface area contributed by atoms with E-state index in [0.717, 1.165) is 0 Å². The summed E-state index contributed by atoms with van der Waals surface area (Å²) >= 11 is 0. The molecule has 5 heteroatoms. The third-order valence-electron chi connectivity index (χ3n) is 2.15. The molecular weight excluding hydrogens is 204 g/mol. The molecule has 2 aromatic rings. The summed E-state index contributed by atoms with van der Waals surface area (Å²) in [6.07, 6.45) is 4.85. The molecule has 0 radical (unpaired) electrons. The summed E-state index contributed by atoms with van der Waals surface area (Å²) in [6, 6.07) is 5.19. The summed E-state index contributed by atoms with van der Waals surface area (Å²) in [7, 11) is 3.70. The molecule has 0 N–H and O–H groups in total. The smallest absolute Gasteiger partial charge is 0.281 e. The van der Waals surface area contributed by atoms with Crippen molar-refractivity contribution in [1.82, 2.24) is 14.8 Å². The van der Waals surface area contributed by atoms with Gasteiger partial charge in [-0.05, 0) is 18.2 Å². The van der Waals surface area contributed by atoms with Crippen molar-refractivity contribution >= 4 is 11.7 Å². The van der Waals surface area contributed by atoms with Crippen molar-refractivity contribution in [3.8, 4) is 0 Å². The van der Waals surface area contributed by atoms with Gasteiger partial charge < -0.3 is 4.90 Å². The lowest BCUT2D eigenvalue weighted by atomic mass is 10.2. The second kappa shape index (κ2) is 4.14. The molecule has 0 bridgehead atoms. The predicted molar refractivity (Wildman–Crippen MR) is 60.5 cm³/mol. The molecule has 2 heterocycles. The summed E-state index contributed by atoms with van der Waals surface area (Å²) < 4.78 is 1.30. The second-order valence-electron chi connectivity index (χ2n) is 3.52. The third-order valence-corrected chi connectivity index (χ3v) is 2.15. The van der Waals surface area contributed by atoms with Crippen LogP contribution in [0.3, 0.4) is 0 Å². The Labute approximate surface area is 93.3 Å². The van der Waals surface area contributed by atoms with Gasteiger partial charge in [0.05, 0.1) is 5.56 Å². The van der Waals surface area contributed by atoms with Gasteiger partial charge in [0.1, 0.15) is 5.82 Å². The fourth-order valence-electron chi connectivity index (χ4n) is 1.43. The van der Waals surface area contributed by atoms with Crippen LogP contribution in [0.15, 0.2) is 36.8 Å². The van der Waals surface area contributed by atoms with Crippen molar-refractivity contribution in [2.45, 2.75) is 0 Å². The van der Waals surface area contributed by atoms with Crippen LogP contribution in [0.4, 0.5) is 5.82 Å². The SMILES string of the molecule is CN(C)c1ncccc1C(=O)n1cccn1. The van der Waals surface area contributed by atoms with E-state index >= 15 is 0 Å². The molecule has 82 valence electrons. The molecular formula is C11H12N4O. The number of carbonyl (C=O) groups is 1. The van der Waals surface area contributed by atoms with Gasteiger partial charge in [-0.1, -0.05) is 0 Å². The lowest BCUT2D eigenvalue weighted by Crippen LogP contribution is -2.19. The van der Waals surface area contributed by atoms with E-state index in [-0.39, 0.29) is 5.91 Å². The van der Waals surface area contributed by atoms with Crippen LogP contribution >= 0.6 is 0 Å². The lowest BCUT2D eigenvalue weighted by Gasteiger charge is -2.14. The van der Waals surface area contributed by atoms with Gasteiger partial charge in [0, 0.05) is 32.7 Å². The first kappa shape index (κ1) is 10.4. The van der Waals surface area contributed by atoms with Crippen LogP contribution in [0, 0.1) is 0 Å². The zero-order valence-corrected chi connectivity index (χ0v) is 9.16. The number of carbonyl (C=O) groups excluding carboxylic acids is 1. The monoisotopic (exact) mass is 216 g/mol. The highest BCUT2D eigenvalue weighted by Crippen LogP contribution is 2.15. The van der Waals surface area contributed by atoms with E-state index in [0.29, 0.717) is 11.4 Å². The van der Waals surface area contributed by atoms with E-state index in [9.17, 15) is 4.79 Å². The van der Waals surface area contributed by atoms with E-state index < -0.39 is 0 Å². The number of hydrogen-bond donors (Lipinski definition) is 0. The quantitative estimate of drug-likeness (QED) is 0.752. The summed E-state index contributed by atoms with van der Waals surface area (Å²) in [5, 5.41) is 3.91. The number of anilines is 1. The van der Waals surface area contributed by atoms with Crippen LogP contribution in [-0.4, -0.2) is 34.8 Å². The molecule has 0 saturated carbocycles. The maximum absolute atomic E-state index is 12.1. The Morgan fingerprint density at radius 2 is 2.12 bits per heavy atom. The fraction of sp³-hybridized carbons (Fsp3) is 0.182. The summed E-state index contributed by atoms with van der Waals surface area (Å²) in [5.41, 5.74) is 0.538. The van der Waals surface area contributed by atoms with Gasteiger partial charge in [-0.3, -0.25) is 4.79 Å². The van der Waals surface area contributed by atoms with Crippen LogP contribution in [0.25, 0.3) is 0 Å². The minimum absolute atomic E-state index is 0.179. The third kappa shape index (κ3) is 1.79. The number of nitrogens with zero attached hydrogens (tertiary/aromatic N) is 4. The molecule has 0 fully saturated rings. The minimum Gasteiger partial charge on any atom is -0.362 e. The Balaban J connectivity index is 2.44. The zero-order valence-electron chi connectivity index (χ0n) is 9.16. The van der Waals surface area contributed by atoms with Gasteiger partial charge in [0.25, 0.3) is 5.91 Å². The van der Waals surface area contributed by atoms with E-state index in [4.69, 9.17) is 0 Å². The molecule has 0 aliphatic heterocycles. The first-order valence-electron chi connectivity index (χ1n) is 4.87. The molecule has 0 unspecified atom stereocenters. The second-order valence-corrected chi connectivity index (χ2v) is 3.52. The molecule has 0 aliphatic rings. The van der Waals surface area contributed by atoms with Crippen molar-refractivity contribution in [3.05, 3.63) is 42.4 Å². The van der Waals surface area contributed by atoms with Crippen LogP contribution in [0.1, 0.15) is 10.4 Å². The van der Waals surface area contributed by atoms with Gasteiger partial charge in [-0.15, -0.1) is 0 Å². The van der Waals surface area contributed by atoms with E-state index in [1.165, 1.54) is 4.68 Å². The van der Waals surface area contributed by atoms with Crippen molar-refractivity contribution in [1.29, 1.82) is 0 Å². The fourth-order valence-corrected chi connectivity index (χ4v) is 1.43. The number of hydrogen-bond acceptors (Lipinski definition) is 4. The highest BCUT2D eigenvalue weighted by molar-refractivity contribution is 5.99. The average Bonchev–Trinajstić information content (AvgIpc) is 2.81. The molecule has 0 amide bonds. The maximum Gasteiger partial charge on any atom is 0.281 e. The van der Waals surface area contributed by atoms with Gasteiger partial charge in [0.2, 0.25) is 0 Å². The first-order chi connectivity index (χ1) is 7.70. The van der Waals surface area contributed by atoms with E-state index in [1.54, 1.807) is 41.7 Å². The van der Waals surface area contributed by atoms with Gasteiger partial charge in [-0.2, -0.15) is 5.10 Å². The predicted octanol–water partition coefficient (Wildman–Crippen LogP) is 1.03. The molecule has 0 saturated heterocycles.